The van der Waals surface area contributed by atoms with Gasteiger partial charge in [0.1, 0.15) is 5.65 Å². The quantitative estimate of drug-likeness (QED) is 0.747. The molecule has 3 heterocycles. The molecule has 0 aliphatic heterocycles. The summed E-state index contributed by atoms with van der Waals surface area (Å²) in [7, 11) is 0. The molecule has 3 aromatic rings. The van der Waals surface area contributed by atoms with E-state index >= 15 is 0 Å². The molecule has 4 heteroatoms. The number of nitrogens with zero attached hydrogens (tertiary/aromatic N) is 1. The van der Waals surface area contributed by atoms with Gasteiger partial charge in [-0.15, -0.1) is 0 Å². The SMILES string of the molecule is CC(Cc1ccsc1)NCc1c[nH]c2ncccc12. The van der Waals surface area contributed by atoms with E-state index in [9.17, 15) is 0 Å². The standard InChI is InChI=1S/C15H17N3S/c1-11(7-12-4-6-19-10-12)17-8-13-9-18-15-14(13)3-2-5-16-15/h2-6,9-11,17H,7-8H2,1H3,(H,16,18). The van der Waals surface area contributed by atoms with Crippen LogP contribution in [-0.2, 0) is 13.0 Å². The summed E-state index contributed by atoms with van der Waals surface area (Å²) >= 11 is 1.76. The third-order valence-corrected chi connectivity index (χ3v) is 4.03. The number of pyridine rings is 1. The number of aromatic amines is 1. The number of nitrogens with one attached hydrogen (secondary N) is 2. The molecule has 0 aliphatic rings. The van der Waals surface area contributed by atoms with Gasteiger partial charge in [0.15, 0.2) is 0 Å². The van der Waals surface area contributed by atoms with Crippen molar-refractivity contribution < 1.29 is 0 Å². The average molecular weight is 271 g/mol. The van der Waals surface area contributed by atoms with Crippen LogP contribution in [0.2, 0.25) is 0 Å². The fraction of sp³-hybridized carbons (Fsp3) is 0.267. The molecule has 0 aliphatic carbocycles. The maximum absolute atomic E-state index is 4.31. The van der Waals surface area contributed by atoms with E-state index < -0.39 is 0 Å². The first-order valence-electron chi connectivity index (χ1n) is 6.48. The van der Waals surface area contributed by atoms with Crippen LogP contribution in [0.3, 0.4) is 0 Å². The zero-order chi connectivity index (χ0) is 13.1. The highest BCUT2D eigenvalue weighted by Gasteiger charge is 2.07. The van der Waals surface area contributed by atoms with Gasteiger partial charge in [-0.3, -0.25) is 0 Å². The Bertz CT molecular complexity index is 642. The minimum Gasteiger partial charge on any atom is -0.346 e. The van der Waals surface area contributed by atoms with Gasteiger partial charge in [-0.25, -0.2) is 4.98 Å². The van der Waals surface area contributed by atoms with E-state index in [0.29, 0.717) is 6.04 Å². The average Bonchev–Trinajstić information content (AvgIpc) is 3.05. The highest BCUT2D eigenvalue weighted by molar-refractivity contribution is 7.07. The molecule has 0 amide bonds. The minimum atomic E-state index is 0.469. The van der Waals surface area contributed by atoms with E-state index in [2.05, 4.69) is 45.1 Å². The molecule has 0 saturated heterocycles. The predicted octanol–water partition coefficient (Wildman–Crippen LogP) is 3.35. The summed E-state index contributed by atoms with van der Waals surface area (Å²) < 4.78 is 0. The molecule has 3 aromatic heterocycles. The van der Waals surface area contributed by atoms with Crippen LogP contribution in [0, 0.1) is 0 Å². The molecule has 0 bridgehead atoms. The summed E-state index contributed by atoms with van der Waals surface area (Å²) in [6, 6.07) is 6.75. The normalized spacial score (nSPS) is 12.9. The Morgan fingerprint density at radius 2 is 2.37 bits per heavy atom. The minimum absolute atomic E-state index is 0.469. The second-order valence-electron chi connectivity index (χ2n) is 4.83. The number of hydrogen-bond donors (Lipinski definition) is 2. The van der Waals surface area contributed by atoms with Crippen molar-refractivity contribution in [1.82, 2.24) is 15.3 Å². The molecule has 98 valence electrons. The van der Waals surface area contributed by atoms with Crippen LogP contribution >= 0.6 is 11.3 Å². The second-order valence-corrected chi connectivity index (χ2v) is 5.61. The van der Waals surface area contributed by atoms with Crippen LogP contribution in [-0.4, -0.2) is 16.0 Å². The second kappa shape index (κ2) is 5.55. The van der Waals surface area contributed by atoms with E-state index in [1.165, 1.54) is 16.5 Å². The molecular formula is C15H17N3S. The molecule has 2 N–H and O–H groups in total. The fourth-order valence-corrected chi connectivity index (χ4v) is 2.96. The van der Waals surface area contributed by atoms with Crippen LogP contribution < -0.4 is 5.32 Å². The third kappa shape index (κ3) is 2.85. The van der Waals surface area contributed by atoms with Crippen molar-refractivity contribution in [3.8, 4) is 0 Å². The van der Waals surface area contributed by atoms with Crippen molar-refractivity contribution >= 4 is 22.4 Å². The highest BCUT2D eigenvalue weighted by atomic mass is 32.1. The predicted molar refractivity (Wildman–Crippen MR) is 80.4 cm³/mol. The lowest BCUT2D eigenvalue weighted by Crippen LogP contribution is -2.27. The lowest BCUT2D eigenvalue weighted by atomic mass is 10.1. The number of aromatic nitrogens is 2. The Kier molecular flexibility index (Phi) is 3.62. The molecule has 0 saturated carbocycles. The van der Waals surface area contributed by atoms with Gasteiger partial charge in [-0.05, 0) is 53.4 Å². The first kappa shape index (κ1) is 12.4. The van der Waals surface area contributed by atoms with Crippen molar-refractivity contribution in [2.45, 2.75) is 25.9 Å². The summed E-state index contributed by atoms with van der Waals surface area (Å²) in [6.45, 7) is 3.10. The van der Waals surface area contributed by atoms with E-state index in [0.717, 1.165) is 18.6 Å². The maximum atomic E-state index is 4.31. The Hall–Kier alpha value is -1.65. The van der Waals surface area contributed by atoms with Gasteiger partial charge in [0.05, 0.1) is 0 Å². The van der Waals surface area contributed by atoms with Crippen molar-refractivity contribution in [3.63, 3.8) is 0 Å². The van der Waals surface area contributed by atoms with Gasteiger partial charge in [-0.2, -0.15) is 11.3 Å². The molecule has 3 nitrogen and oxygen atoms in total. The van der Waals surface area contributed by atoms with Gasteiger partial charge < -0.3 is 10.3 Å². The molecule has 0 radical (unpaired) electrons. The Morgan fingerprint density at radius 1 is 1.42 bits per heavy atom. The molecule has 0 spiro atoms. The van der Waals surface area contributed by atoms with Crippen LogP contribution in [0.1, 0.15) is 18.1 Å². The van der Waals surface area contributed by atoms with Crippen molar-refractivity contribution in [2.75, 3.05) is 0 Å². The zero-order valence-electron chi connectivity index (χ0n) is 10.9. The number of thiophene rings is 1. The smallest absolute Gasteiger partial charge is 0.137 e. The summed E-state index contributed by atoms with van der Waals surface area (Å²) in [6.07, 6.45) is 4.93. The van der Waals surface area contributed by atoms with Crippen molar-refractivity contribution in [2.24, 2.45) is 0 Å². The maximum Gasteiger partial charge on any atom is 0.137 e. The largest absolute Gasteiger partial charge is 0.346 e. The van der Waals surface area contributed by atoms with Gasteiger partial charge in [0.2, 0.25) is 0 Å². The Labute approximate surface area is 116 Å². The van der Waals surface area contributed by atoms with Crippen molar-refractivity contribution in [1.29, 1.82) is 0 Å². The van der Waals surface area contributed by atoms with Gasteiger partial charge in [0, 0.05) is 30.4 Å². The van der Waals surface area contributed by atoms with E-state index in [-0.39, 0.29) is 0 Å². The summed E-state index contributed by atoms with van der Waals surface area (Å²) in [5.41, 5.74) is 3.65. The first-order chi connectivity index (χ1) is 9.33. The van der Waals surface area contributed by atoms with Crippen molar-refractivity contribution in [3.05, 3.63) is 52.5 Å². The lowest BCUT2D eigenvalue weighted by Gasteiger charge is -2.12. The van der Waals surface area contributed by atoms with Gasteiger partial charge in [0.25, 0.3) is 0 Å². The van der Waals surface area contributed by atoms with E-state index in [4.69, 9.17) is 0 Å². The number of rotatable bonds is 5. The third-order valence-electron chi connectivity index (χ3n) is 3.30. The molecule has 0 fully saturated rings. The summed E-state index contributed by atoms with van der Waals surface area (Å²) in [5.74, 6) is 0. The van der Waals surface area contributed by atoms with Gasteiger partial charge >= 0.3 is 0 Å². The fourth-order valence-electron chi connectivity index (χ4n) is 2.28. The van der Waals surface area contributed by atoms with Crippen LogP contribution in [0.5, 0.6) is 0 Å². The summed E-state index contributed by atoms with van der Waals surface area (Å²) in [4.78, 5) is 7.52. The lowest BCUT2D eigenvalue weighted by molar-refractivity contribution is 0.547. The van der Waals surface area contributed by atoms with Crippen LogP contribution in [0.25, 0.3) is 11.0 Å². The molecule has 1 atom stereocenters. The van der Waals surface area contributed by atoms with E-state index in [1.807, 2.05) is 18.5 Å². The molecular weight excluding hydrogens is 254 g/mol. The first-order valence-corrected chi connectivity index (χ1v) is 7.42. The van der Waals surface area contributed by atoms with Gasteiger partial charge in [-0.1, -0.05) is 0 Å². The Morgan fingerprint density at radius 3 is 3.21 bits per heavy atom. The van der Waals surface area contributed by atoms with Crippen LogP contribution in [0.4, 0.5) is 0 Å². The molecule has 1 unspecified atom stereocenters. The number of hydrogen-bond acceptors (Lipinski definition) is 3. The van der Waals surface area contributed by atoms with E-state index in [1.54, 1.807) is 11.3 Å². The topological polar surface area (TPSA) is 40.7 Å². The zero-order valence-corrected chi connectivity index (χ0v) is 11.7. The van der Waals surface area contributed by atoms with Crippen LogP contribution in [0.15, 0.2) is 41.4 Å². The monoisotopic (exact) mass is 271 g/mol. The Balaban J connectivity index is 1.62. The number of H-pyrrole nitrogens is 1. The highest BCUT2D eigenvalue weighted by Crippen LogP contribution is 2.15. The molecule has 19 heavy (non-hydrogen) atoms. The molecule has 0 aromatic carbocycles. The molecule has 3 rings (SSSR count). The summed E-state index contributed by atoms with van der Waals surface area (Å²) in [5, 5.41) is 9.13. The number of fused-ring (bicyclic) bond motifs is 1.